The molecule has 1 aromatic carbocycles. The van der Waals surface area contributed by atoms with Crippen LogP contribution in [-0.2, 0) is 14.8 Å². The molecule has 1 aliphatic rings. The lowest BCUT2D eigenvalue weighted by Crippen LogP contribution is -2.50. The van der Waals surface area contributed by atoms with Gasteiger partial charge in [0.15, 0.2) is 0 Å². The molecule has 19 heavy (non-hydrogen) atoms. The number of halogens is 2. The van der Waals surface area contributed by atoms with Crippen LogP contribution in [0.1, 0.15) is 13.8 Å². The van der Waals surface area contributed by atoms with Crippen molar-refractivity contribution in [2.45, 2.75) is 30.9 Å². The summed E-state index contributed by atoms with van der Waals surface area (Å²) in [5.41, 5.74) is 0. The Hall–Kier alpha value is -0.690. The normalized spacial score (nSPS) is 25.5. The molecule has 4 nitrogen and oxygen atoms in total. The van der Waals surface area contributed by atoms with Crippen LogP contribution in [0.5, 0.6) is 0 Å². The van der Waals surface area contributed by atoms with Crippen LogP contribution in [0.15, 0.2) is 23.1 Å². The second-order valence-corrected chi connectivity index (χ2v) is 6.91. The molecule has 0 spiro atoms. The van der Waals surface area contributed by atoms with Crippen molar-refractivity contribution in [2.75, 3.05) is 13.2 Å². The summed E-state index contributed by atoms with van der Waals surface area (Å²) >= 11 is 5.84. The number of hydrogen-bond donors (Lipinski definition) is 0. The minimum Gasteiger partial charge on any atom is -0.375 e. The van der Waals surface area contributed by atoms with Gasteiger partial charge in [-0.2, -0.15) is 4.31 Å². The highest BCUT2D eigenvalue weighted by atomic mass is 35.5. The van der Waals surface area contributed by atoms with Crippen LogP contribution >= 0.6 is 11.6 Å². The first-order valence-electron chi connectivity index (χ1n) is 5.91. The number of hydrogen-bond acceptors (Lipinski definition) is 3. The van der Waals surface area contributed by atoms with Gasteiger partial charge in [0.25, 0.3) is 0 Å². The molecular formula is C12H15ClFNO3S. The fourth-order valence-electron chi connectivity index (χ4n) is 2.02. The Morgan fingerprint density at radius 3 is 2.74 bits per heavy atom. The van der Waals surface area contributed by atoms with E-state index < -0.39 is 15.8 Å². The first kappa shape index (κ1) is 14.7. The SMILES string of the molecule is C[C@@H]1CO[C@@H](C)CN1S(=O)(=O)c1ccc(F)cc1Cl. The summed E-state index contributed by atoms with van der Waals surface area (Å²) in [5, 5.41) is -0.105. The van der Waals surface area contributed by atoms with Crippen LogP contribution in [0.3, 0.4) is 0 Å². The number of benzene rings is 1. The van der Waals surface area contributed by atoms with Gasteiger partial charge >= 0.3 is 0 Å². The molecule has 0 radical (unpaired) electrons. The van der Waals surface area contributed by atoms with E-state index >= 15 is 0 Å². The average molecular weight is 308 g/mol. The van der Waals surface area contributed by atoms with Crippen molar-refractivity contribution in [3.05, 3.63) is 29.0 Å². The lowest BCUT2D eigenvalue weighted by molar-refractivity contribution is -0.0170. The Bertz CT molecular complexity index is 578. The minimum atomic E-state index is -3.74. The van der Waals surface area contributed by atoms with Crippen molar-refractivity contribution in [1.29, 1.82) is 0 Å². The fourth-order valence-corrected chi connectivity index (χ4v) is 4.22. The van der Waals surface area contributed by atoms with E-state index in [1.165, 1.54) is 10.4 Å². The lowest BCUT2D eigenvalue weighted by atomic mass is 10.2. The molecule has 0 aromatic heterocycles. The van der Waals surface area contributed by atoms with E-state index in [2.05, 4.69) is 0 Å². The molecule has 1 heterocycles. The second-order valence-electron chi connectivity index (χ2n) is 4.64. The lowest BCUT2D eigenvalue weighted by Gasteiger charge is -2.35. The summed E-state index contributed by atoms with van der Waals surface area (Å²) in [6.45, 7) is 4.16. The first-order chi connectivity index (χ1) is 8.82. The summed E-state index contributed by atoms with van der Waals surface area (Å²) in [4.78, 5) is -0.0727. The van der Waals surface area contributed by atoms with Crippen LogP contribution in [0, 0.1) is 5.82 Å². The average Bonchev–Trinajstić information content (AvgIpc) is 2.31. The van der Waals surface area contributed by atoms with Crippen molar-refractivity contribution in [3.8, 4) is 0 Å². The maximum atomic E-state index is 13.0. The second kappa shape index (κ2) is 5.36. The molecule has 0 aliphatic carbocycles. The van der Waals surface area contributed by atoms with Crippen molar-refractivity contribution in [1.82, 2.24) is 4.31 Å². The zero-order valence-electron chi connectivity index (χ0n) is 10.6. The van der Waals surface area contributed by atoms with Crippen molar-refractivity contribution in [2.24, 2.45) is 0 Å². The third kappa shape index (κ3) is 2.91. The highest BCUT2D eigenvalue weighted by Gasteiger charge is 2.35. The predicted molar refractivity (Wildman–Crippen MR) is 70.2 cm³/mol. The van der Waals surface area contributed by atoms with Gasteiger partial charge in [0.1, 0.15) is 10.7 Å². The number of morpholine rings is 1. The fraction of sp³-hybridized carbons (Fsp3) is 0.500. The van der Waals surface area contributed by atoms with E-state index in [0.29, 0.717) is 6.61 Å². The van der Waals surface area contributed by atoms with E-state index in [-0.39, 0.29) is 28.6 Å². The summed E-state index contributed by atoms with van der Waals surface area (Å²) in [6.07, 6.45) is -0.176. The number of ether oxygens (including phenoxy) is 1. The molecule has 2 atom stereocenters. The summed E-state index contributed by atoms with van der Waals surface area (Å²) in [6, 6.07) is 3.01. The summed E-state index contributed by atoms with van der Waals surface area (Å²) < 4.78 is 44.8. The maximum absolute atomic E-state index is 13.0. The molecule has 2 rings (SSSR count). The van der Waals surface area contributed by atoms with Gasteiger partial charge in [-0.15, -0.1) is 0 Å². The molecule has 0 amide bonds. The zero-order chi connectivity index (χ0) is 14.2. The van der Waals surface area contributed by atoms with Gasteiger partial charge in [0.05, 0.1) is 17.7 Å². The quantitative estimate of drug-likeness (QED) is 0.842. The molecule has 1 fully saturated rings. The molecule has 0 unspecified atom stereocenters. The molecule has 0 saturated carbocycles. The highest BCUT2D eigenvalue weighted by Crippen LogP contribution is 2.28. The van der Waals surface area contributed by atoms with E-state index in [1.807, 2.05) is 0 Å². The van der Waals surface area contributed by atoms with Gasteiger partial charge in [0, 0.05) is 12.6 Å². The topological polar surface area (TPSA) is 46.6 Å². The Labute approximate surface area is 117 Å². The van der Waals surface area contributed by atoms with Crippen molar-refractivity contribution < 1.29 is 17.5 Å². The van der Waals surface area contributed by atoms with Crippen molar-refractivity contribution in [3.63, 3.8) is 0 Å². The molecule has 7 heteroatoms. The number of nitrogens with zero attached hydrogens (tertiary/aromatic N) is 1. The third-order valence-electron chi connectivity index (χ3n) is 3.03. The Morgan fingerprint density at radius 2 is 2.11 bits per heavy atom. The monoisotopic (exact) mass is 307 g/mol. The number of sulfonamides is 1. The third-order valence-corrected chi connectivity index (χ3v) is 5.49. The van der Waals surface area contributed by atoms with Gasteiger partial charge in [-0.25, -0.2) is 12.8 Å². The van der Waals surface area contributed by atoms with Gasteiger partial charge in [-0.05, 0) is 32.0 Å². The predicted octanol–water partition coefficient (Wildman–Crippen LogP) is 2.28. The van der Waals surface area contributed by atoms with Gasteiger partial charge < -0.3 is 4.74 Å². The maximum Gasteiger partial charge on any atom is 0.244 e. The van der Waals surface area contributed by atoms with Gasteiger partial charge in [-0.1, -0.05) is 11.6 Å². The molecule has 0 N–H and O–H groups in total. The van der Waals surface area contributed by atoms with Crippen LogP contribution in [-0.4, -0.2) is 38.0 Å². The van der Waals surface area contributed by atoms with E-state index in [1.54, 1.807) is 13.8 Å². The van der Waals surface area contributed by atoms with E-state index in [0.717, 1.165) is 12.1 Å². The highest BCUT2D eigenvalue weighted by molar-refractivity contribution is 7.89. The van der Waals surface area contributed by atoms with Crippen molar-refractivity contribution >= 4 is 21.6 Å². The van der Waals surface area contributed by atoms with Gasteiger partial charge in [0.2, 0.25) is 10.0 Å². The van der Waals surface area contributed by atoms with Crippen LogP contribution < -0.4 is 0 Å². The summed E-state index contributed by atoms with van der Waals surface area (Å²) in [5.74, 6) is -0.563. The Morgan fingerprint density at radius 1 is 1.42 bits per heavy atom. The minimum absolute atomic E-state index is 0.0727. The molecule has 106 valence electrons. The molecule has 0 bridgehead atoms. The van der Waals surface area contributed by atoms with E-state index in [4.69, 9.17) is 16.3 Å². The first-order valence-corrected chi connectivity index (χ1v) is 7.72. The van der Waals surface area contributed by atoms with E-state index in [9.17, 15) is 12.8 Å². The van der Waals surface area contributed by atoms with Crippen LogP contribution in [0.4, 0.5) is 4.39 Å². The Kier molecular flexibility index (Phi) is 4.15. The number of rotatable bonds is 2. The smallest absolute Gasteiger partial charge is 0.244 e. The largest absolute Gasteiger partial charge is 0.375 e. The molecule has 1 saturated heterocycles. The molecule has 1 aromatic rings. The Balaban J connectivity index is 2.41. The van der Waals surface area contributed by atoms with Crippen LogP contribution in [0.2, 0.25) is 5.02 Å². The summed E-state index contributed by atoms with van der Waals surface area (Å²) in [7, 11) is -3.74. The molecule has 1 aliphatic heterocycles. The standard InChI is InChI=1S/C12H15ClFNO3S/c1-8-7-18-9(2)6-15(8)19(16,17)12-4-3-10(14)5-11(12)13/h3-5,8-9H,6-7H2,1-2H3/t8-,9+/m1/s1. The zero-order valence-corrected chi connectivity index (χ0v) is 12.2. The molecular weight excluding hydrogens is 293 g/mol. The van der Waals surface area contributed by atoms with Gasteiger partial charge in [-0.3, -0.25) is 0 Å². The van der Waals surface area contributed by atoms with Crippen LogP contribution in [0.25, 0.3) is 0 Å².